The lowest BCUT2D eigenvalue weighted by atomic mass is 10.0. The van der Waals surface area contributed by atoms with Crippen molar-refractivity contribution in [3.8, 4) is 0 Å². The Hall–Kier alpha value is -0.960. The minimum atomic E-state index is -3.54. The summed E-state index contributed by atoms with van der Waals surface area (Å²) in [6.07, 6.45) is 1.88. The molecule has 0 unspecified atom stereocenters. The second kappa shape index (κ2) is 7.95. The van der Waals surface area contributed by atoms with E-state index in [1.807, 2.05) is 0 Å². The number of rotatable bonds is 5. The molecule has 0 aliphatic carbocycles. The summed E-state index contributed by atoms with van der Waals surface area (Å²) in [5, 5.41) is 3.04. The Labute approximate surface area is 152 Å². The minimum Gasteiger partial charge on any atom is -0.349 e. The van der Waals surface area contributed by atoms with Crippen LogP contribution >= 0.6 is 15.9 Å². The molecule has 0 atom stereocenters. The highest BCUT2D eigenvalue weighted by atomic mass is 79.9. The van der Waals surface area contributed by atoms with Crippen molar-refractivity contribution in [2.75, 3.05) is 33.7 Å². The first-order valence-corrected chi connectivity index (χ1v) is 10.2. The Kier molecular flexibility index (Phi) is 6.41. The zero-order chi connectivity index (χ0) is 17.9. The van der Waals surface area contributed by atoms with Crippen molar-refractivity contribution < 1.29 is 13.2 Å². The lowest BCUT2D eigenvalue weighted by molar-refractivity contribution is 0.0912. The van der Waals surface area contributed by atoms with Gasteiger partial charge in [0.25, 0.3) is 5.91 Å². The average Bonchev–Trinajstić information content (AvgIpc) is 2.55. The topological polar surface area (TPSA) is 69.7 Å². The third-order valence-electron chi connectivity index (χ3n) is 4.32. The lowest BCUT2D eigenvalue weighted by Gasteiger charge is -2.31. The normalized spacial score (nSPS) is 17.2. The first-order chi connectivity index (χ1) is 11.3. The summed E-state index contributed by atoms with van der Waals surface area (Å²) in [7, 11) is -0.583. The molecule has 2 rings (SSSR count). The van der Waals surface area contributed by atoms with Gasteiger partial charge in [-0.2, -0.15) is 0 Å². The van der Waals surface area contributed by atoms with Gasteiger partial charge in [-0.1, -0.05) is 6.92 Å². The molecule has 0 aromatic heterocycles. The molecule has 0 radical (unpaired) electrons. The monoisotopic (exact) mass is 417 g/mol. The van der Waals surface area contributed by atoms with Crippen molar-refractivity contribution in [3.05, 3.63) is 28.2 Å². The average molecular weight is 418 g/mol. The van der Waals surface area contributed by atoms with Crippen molar-refractivity contribution in [2.45, 2.75) is 30.7 Å². The lowest BCUT2D eigenvalue weighted by Crippen LogP contribution is -2.44. The molecular weight excluding hydrogens is 394 g/mol. The number of hydrogen-bond acceptors (Lipinski definition) is 4. The van der Waals surface area contributed by atoms with Crippen LogP contribution in [-0.2, 0) is 10.0 Å². The van der Waals surface area contributed by atoms with Gasteiger partial charge in [0.2, 0.25) is 10.0 Å². The van der Waals surface area contributed by atoms with Crippen LogP contribution in [0.4, 0.5) is 0 Å². The Morgan fingerprint density at radius 1 is 1.33 bits per heavy atom. The van der Waals surface area contributed by atoms with E-state index >= 15 is 0 Å². The summed E-state index contributed by atoms with van der Waals surface area (Å²) >= 11 is 3.27. The van der Waals surface area contributed by atoms with Crippen molar-refractivity contribution in [1.29, 1.82) is 0 Å². The van der Waals surface area contributed by atoms with E-state index in [1.165, 1.54) is 20.2 Å². The Bertz CT molecular complexity index is 699. The smallest absolute Gasteiger partial charge is 0.251 e. The largest absolute Gasteiger partial charge is 0.349 e. The van der Waals surface area contributed by atoms with Gasteiger partial charge in [-0.05, 0) is 53.5 Å². The third kappa shape index (κ3) is 4.36. The van der Waals surface area contributed by atoms with E-state index in [-0.39, 0.29) is 16.8 Å². The van der Waals surface area contributed by atoms with Crippen LogP contribution in [-0.4, -0.2) is 63.3 Å². The predicted molar refractivity (Wildman–Crippen MR) is 97.6 cm³/mol. The highest BCUT2D eigenvalue weighted by Crippen LogP contribution is 2.25. The number of carbonyl (C=O) groups excluding carboxylic acids is 1. The number of carbonyl (C=O) groups is 1. The van der Waals surface area contributed by atoms with Gasteiger partial charge < -0.3 is 10.2 Å². The standard InChI is InChI=1S/C16H24BrN3O3S/c1-4-20-9-7-13(8-10-20)18-16(21)12-5-6-15(14(17)11-12)24(22,23)19(2)3/h5-6,11,13H,4,7-10H2,1-3H3,(H,18,21). The van der Waals surface area contributed by atoms with Crippen LogP contribution in [0.5, 0.6) is 0 Å². The highest BCUT2D eigenvalue weighted by molar-refractivity contribution is 9.10. The van der Waals surface area contributed by atoms with Gasteiger partial charge in [-0.25, -0.2) is 12.7 Å². The number of hydrogen-bond donors (Lipinski definition) is 1. The second-order valence-corrected chi connectivity index (χ2v) is 9.09. The second-order valence-electron chi connectivity index (χ2n) is 6.11. The summed E-state index contributed by atoms with van der Waals surface area (Å²) < 4.78 is 25.9. The van der Waals surface area contributed by atoms with E-state index in [0.29, 0.717) is 10.0 Å². The van der Waals surface area contributed by atoms with E-state index in [9.17, 15) is 13.2 Å². The molecule has 1 amide bonds. The zero-order valence-corrected chi connectivity index (χ0v) is 16.7. The number of amides is 1. The van der Waals surface area contributed by atoms with Gasteiger partial charge in [0.1, 0.15) is 0 Å². The highest BCUT2D eigenvalue weighted by Gasteiger charge is 2.23. The van der Waals surface area contributed by atoms with E-state index in [1.54, 1.807) is 12.1 Å². The van der Waals surface area contributed by atoms with Crippen molar-refractivity contribution in [3.63, 3.8) is 0 Å². The minimum absolute atomic E-state index is 0.153. The fourth-order valence-electron chi connectivity index (χ4n) is 2.71. The molecule has 1 aromatic rings. The van der Waals surface area contributed by atoms with Crippen LogP contribution in [0.2, 0.25) is 0 Å². The first kappa shape index (κ1) is 19.4. The Morgan fingerprint density at radius 3 is 2.46 bits per heavy atom. The van der Waals surface area contributed by atoms with Crippen LogP contribution < -0.4 is 5.32 Å². The van der Waals surface area contributed by atoms with E-state index in [4.69, 9.17) is 0 Å². The number of benzene rings is 1. The quantitative estimate of drug-likeness (QED) is 0.794. The summed E-state index contributed by atoms with van der Waals surface area (Å²) in [6, 6.07) is 4.75. The third-order valence-corrected chi connectivity index (χ3v) is 7.11. The molecule has 1 saturated heterocycles. The van der Waals surface area contributed by atoms with Crippen LogP contribution in [0.25, 0.3) is 0 Å². The van der Waals surface area contributed by atoms with E-state index in [2.05, 4.69) is 33.1 Å². The first-order valence-electron chi connectivity index (χ1n) is 8.01. The summed E-state index contributed by atoms with van der Waals surface area (Å²) in [5.74, 6) is -0.167. The molecule has 8 heteroatoms. The Morgan fingerprint density at radius 2 is 1.96 bits per heavy atom. The molecule has 24 heavy (non-hydrogen) atoms. The maximum Gasteiger partial charge on any atom is 0.251 e. The molecule has 1 aliphatic heterocycles. The van der Waals surface area contributed by atoms with Crippen LogP contribution in [0, 0.1) is 0 Å². The van der Waals surface area contributed by atoms with Crippen LogP contribution in [0.1, 0.15) is 30.1 Å². The fraction of sp³-hybridized carbons (Fsp3) is 0.562. The van der Waals surface area contributed by atoms with Gasteiger partial charge in [0.05, 0.1) is 4.90 Å². The van der Waals surface area contributed by atoms with Crippen molar-refractivity contribution in [2.24, 2.45) is 0 Å². The summed E-state index contributed by atoms with van der Waals surface area (Å²) in [5.41, 5.74) is 0.456. The predicted octanol–water partition coefficient (Wildman–Crippen LogP) is 1.91. The number of halogens is 1. The van der Waals surface area contributed by atoms with Gasteiger partial charge >= 0.3 is 0 Å². The molecule has 1 heterocycles. The number of likely N-dealkylation sites (tertiary alicyclic amines) is 1. The number of nitrogens with zero attached hydrogens (tertiary/aromatic N) is 2. The molecule has 134 valence electrons. The maximum atomic E-state index is 12.4. The molecular formula is C16H24BrN3O3S. The van der Waals surface area contributed by atoms with Crippen LogP contribution in [0.3, 0.4) is 0 Å². The molecule has 0 spiro atoms. The van der Waals surface area contributed by atoms with Gasteiger partial charge in [0, 0.05) is 43.3 Å². The van der Waals surface area contributed by atoms with E-state index in [0.717, 1.165) is 36.8 Å². The number of nitrogens with one attached hydrogen (secondary N) is 1. The summed E-state index contributed by atoms with van der Waals surface area (Å²) in [4.78, 5) is 14.9. The van der Waals surface area contributed by atoms with Gasteiger partial charge in [0.15, 0.2) is 0 Å². The fourth-order valence-corrected chi connectivity index (χ4v) is 4.64. The van der Waals surface area contributed by atoms with Gasteiger partial charge in [-0.15, -0.1) is 0 Å². The maximum absolute atomic E-state index is 12.4. The van der Waals surface area contributed by atoms with E-state index < -0.39 is 10.0 Å². The van der Waals surface area contributed by atoms with Gasteiger partial charge in [-0.3, -0.25) is 4.79 Å². The summed E-state index contributed by atoms with van der Waals surface area (Å²) in [6.45, 7) is 5.16. The van der Waals surface area contributed by atoms with Crippen molar-refractivity contribution in [1.82, 2.24) is 14.5 Å². The SMILES string of the molecule is CCN1CCC(NC(=O)c2ccc(S(=O)(=O)N(C)C)c(Br)c2)CC1. The molecule has 0 saturated carbocycles. The molecule has 1 N–H and O–H groups in total. The number of sulfonamides is 1. The zero-order valence-electron chi connectivity index (χ0n) is 14.3. The molecule has 1 aromatic carbocycles. The molecule has 1 aliphatic rings. The number of piperidine rings is 1. The molecule has 0 bridgehead atoms. The Balaban J connectivity index is 2.08. The van der Waals surface area contributed by atoms with Crippen molar-refractivity contribution >= 4 is 31.9 Å². The molecule has 6 nitrogen and oxygen atoms in total. The van der Waals surface area contributed by atoms with Crippen LogP contribution in [0.15, 0.2) is 27.6 Å². The molecule has 1 fully saturated rings.